The smallest absolute Gasteiger partial charge is 0.129 e. The Morgan fingerprint density at radius 3 is 2.78 bits per heavy atom. The molecule has 1 aromatic carbocycles. The number of methoxy groups -OCH3 is 1. The SMILES string of the molecule is COCCN(C)C[C@@H]1CN(Cc2ccc(Cl)cc2F)C[C@@H]1CO. The van der Waals surface area contributed by atoms with Gasteiger partial charge >= 0.3 is 0 Å². The lowest BCUT2D eigenvalue weighted by molar-refractivity contribution is 0.136. The van der Waals surface area contributed by atoms with Gasteiger partial charge in [-0.1, -0.05) is 17.7 Å². The topological polar surface area (TPSA) is 35.9 Å². The van der Waals surface area contributed by atoms with E-state index in [1.165, 1.54) is 6.07 Å². The summed E-state index contributed by atoms with van der Waals surface area (Å²) in [4.78, 5) is 4.44. The second-order valence-corrected chi connectivity index (χ2v) is 6.82. The van der Waals surface area contributed by atoms with Crippen LogP contribution >= 0.6 is 11.6 Å². The molecular formula is C17H26ClFN2O2. The molecule has 0 amide bonds. The van der Waals surface area contributed by atoms with Crippen LogP contribution in [0.5, 0.6) is 0 Å². The monoisotopic (exact) mass is 344 g/mol. The van der Waals surface area contributed by atoms with Crippen molar-refractivity contribution in [2.75, 3.05) is 53.6 Å². The molecule has 130 valence electrons. The van der Waals surface area contributed by atoms with Gasteiger partial charge in [0.05, 0.1) is 6.61 Å². The van der Waals surface area contributed by atoms with Crippen LogP contribution in [0.1, 0.15) is 5.56 Å². The number of benzene rings is 1. The average molecular weight is 345 g/mol. The highest BCUT2D eigenvalue weighted by molar-refractivity contribution is 6.30. The fourth-order valence-corrected chi connectivity index (χ4v) is 3.37. The summed E-state index contributed by atoms with van der Waals surface area (Å²) in [5.41, 5.74) is 0.652. The molecule has 1 saturated heterocycles. The lowest BCUT2D eigenvalue weighted by Crippen LogP contribution is -2.33. The first kappa shape index (κ1) is 18.6. The van der Waals surface area contributed by atoms with Gasteiger partial charge in [0.15, 0.2) is 0 Å². The molecular weight excluding hydrogens is 319 g/mol. The number of rotatable bonds is 8. The highest BCUT2D eigenvalue weighted by atomic mass is 35.5. The summed E-state index contributed by atoms with van der Waals surface area (Å²) in [5.74, 6) is 0.353. The number of hydrogen-bond acceptors (Lipinski definition) is 4. The van der Waals surface area contributed by atoms with Gasteiger partial charge in [-0.05, 0) is 31.0 Å². The molecule has 0 saturated carbocycles. The van der Waals surface area contributed by atoms with Crippen LogP contribution in [-0.2, 0) is 11.3 Å². The van der Waals surface area contributed by atoms with E-state index in [9.17, 15) is 9.50 Å². The van der Waals surface area contributed by atoms with Crippen LogP contribution in [0.4, 0.5) is 4.39 Å². The maximum Gasteiger partial charge on any atom is 0.129 e. The van der Waals surface area contributed by atoms with Crippen molar-refractivity contribution >= 4 is 11.6 Å². The standard InChI is InChI=1S/C17H26ClFN2O2/c1-20(5-6-23-2)8-14-10-21(11-15(14)12-22)9-13-3-4-16(18)7-17(13)19/h3-4,7,14-15,22H,5-6,8-12H2,1-2H3/t14-,15-/m1/s1. The Morgan fingerprint density at radius 2 is 2.13 bits per heavy atom. The summed E-state index contributed by atoms with van der Waals surface area (Å²) in [6.07, 6.45) is 0. The van der Waals surface area contributed by atoms with Gasteiger partial charge in [-0.2, -0.15) is 0 Å². The Morgan fingerprint density at radius 1 is 1.39 bits per heavy atom. The van der Waals surface area contributed by atoms with Crippen LogP contribution in [0.15, 0.2) is 18.2 Å². The van der Waals surface area contributed by atoms with Crippen molar-refractivity contribution in [1.29, 1.82) is 0 Å². The molecule has 0 bridgehead atoms. The van der Waals surface area contributed by atoms with E-state index in [4.69, 9.17) is 16.3 Å². The Bertz CT molecular complexity index is 503. The third-order valence-electron chi connectivity index (χ3n) is 4.52. The number of nitrogens with zero attached hydrogens (tertiary/aromatic N) is 2. The van der Waals surface area contributed by atoms with Crippen molar-refractivity contribution in [3.05, 3.63) is 34.6 Å². The van der Waals surface area contributed by atoms with E-state index in [1.54, 1.807) is 19.2 Å². The zero-order valence-corrected chi connectivity index (χ0v) is 14.6. The van der Waals surface area contributed by atoms with Crippen molar-refractivity contribution in [2.45, 2.75) is 6.54 Å². The Labute approximate surface area is 142 Å². The second-order valence-electron chi connectivity index (χ2n) is 6.39. The van der Waals surface area contributed by atoms with Crippen LogP contribution in [0.2, 0.25) is 5.02 Å². The van der Waals surface area contributed by atoms with Crippen molar-refractivity contribution < 1.29 is 14.2 Å². The van der Waals surface area contributed by atoms with Crippen molar-refractivity contribution in [2.24, 2.45) is 11.8 Å². The van der Waals surface area contributed by atoms with Crippen LogP contribution < -0.4 is 0 Å². The summed E-state index contributed by atoms with van der Waals surface area (Å²) >= 11 is 5.80. The minimum absolute atomic E-state index is 0.169. The molecule has 23 heavy (non-hydrogen) atoms. The minimum Gasteiger partial charge on any atom is -0.396 e. The molecule has 1 aromatic rings. The summed E-state index contributed by atoms with van der Waals surface area (Å²) in [6, 6.07) is 4.81. The van der Waals surface area contributed by atoms with Crippen molar-refractivity contribution in [3.63, 3.8) is 0 Å². The molecule has 0 radical (unpaired) electrons. The average Bonchev–Trinajstić information content (AvgIpc) is 2.89. The van der Waals surface area contributed by atoms with Gasteiger partial charge in [-0.3, -0.25) is 4.90 Å². The Hall–Kier alpha value is -0.720. The number of hydrogen-bond donors (Lipinski definition) is 1. The van der Waals surface area contributed by atoms with E-state index in [0.29, 0.717) is 29.7 Å². The number of aliphatic hydroxyl groups is 1. The van der Waals surface area contributed by atoms with E-state index in [-0.39, 0.29) is 18.3 Å². The minimum atomic E-state index is -0.265. The number of likely N-dealkylation sites (tertiary alicyclic amines) is 1. The lowest BCUT2D eigenvalue weighted by atomic mass is 9.96. The number of likely N-dealkylation sites (N-methyl/N-ethyl adjacent to an activating group) is 1. The molecule has 1 aliphatic rings. The first-order valence-electron chi connectivity index (χ1n) is 7.98. The third-order valence-corrected chi connectivity index (χ3v) is 4.75. The molecule has 1 aliphatic heterocycles. The molecule has 0 unspecified atom stereocenters. The first-order chi connectivity index (χ1) is 11.0. The zero-order valence-electron chi connectivity index (χ0n) is 13.8. The lowest BCUT2D eigenvalue weighted by Gasteiger charge is -2.23. The van der Waals surface area contributed by atoms with E-state index in [2.05, 4.69) is 16.8 Å². The molecule has 0 spiro atoms. The summed E-state index contributed by atoms with van der Waals surface area (Å²) in [7, 11) is 3.76. The Kier molecular flexibility index (Phi) is 7.24. The molecule has 2 atom stereocenters. The predicted molar refractivity (Wildman–Crippen MR) is 90.1 cm³/mol. The van der Waals surface area contributed by atoms with Gasteiger partial charge in [0, 0.05) is 57.0 Å². The predicted octanol–water partition coefficient (Wildman–Crippen LogP) is 2.10. The third kappa shape index (κ3) is 5.40. The zero-order chi connectivity index (χ0) is 16.8. The molecule has 1 fully saturated rings. The molecule has 2 rings (SSSR count). The van der Waals surface area contributed by atoms with Crippen LogP contribution in [0, 0.1) is 17.7 Å². The summed E-state index contributed by atoms with van der Waals surface area (Å²) < 4.78 is 19.0. The van der Waals surface area contributed by atoms with Crippen LogP contribution in [0.25, 0.3) is 0 Å². The molecule has 4 nitrogen and oxygen atoms in total. The van der Waals surface area contributed by atoms with E-state index in [1.807, 2.05) is 0 Å². The van der Waals surface area contributed by atoms with Gasteiger partial charge in [0.1, 0.15) is 5.82 Å². The molecule has 1 N–H and O–H groups in total. The van der Waals surface area contributed by atoms with E-state index >= 15 is 0 Å². The quantitative estimate of drug-likeness (QED) is 0.783. The van der Waals surface area contributed by atoms with Gasteiger partial charge in [0.2, 0.25) is 0 Å². The molecule has 6 heteroatoms. The molecule has 0 aliphatic carbocycles. The summed E-state index contributed by atoms with van der Waals surface area (Å²) in [5, 5.41) is 10.1. The molecule has 0 aromatic heterocycles. The van der Waals surface area contributed by atoms with E-state index in [0.717, 1.165) is 26.2 Å². The van der Waals surface area contributed by atoms with Gasteiger partial charge < -0.3 is 14.7 Å². The van der Waals surface area contributed by atoms with Crippen molar-refractivity contribution in [1.82, 2.24) is 9.80 Å². The van der Waals surface area contributed by atoms with Gasteiger partial charge in [0.25, 0.3) is 0 Å². The van der Waals surface area contributed by atoms with Gasteiger partial charge in [-0.15, -0.1) is 0 Å². The largest absolute Gasteiger partial charge is 0.396 e. The summed E-state index contributed by atoms with van der Waals surface area (Å²) in [6.45, 7) is 4.87. The normalized spacial score (nSPS) is 22.2. The van der Waals surface area contributed by atoms with E-state index < -0.39 is 0 Å². The van der Waals surface area contributed by atoms with Crippen LogP contribution in [-0.4, -0.2) is 68.5 Å². The fraction of sp³-hybridized carbons (Fsp3) is 0.647. The number of aliphatic hydroxyl groups excluding tert-OH is 1. The van der Waals surface area contributed by atoms with Crippen LogP contribution in [0.3, 0.4) is 0 Å². The number of halogens is 2. The fourth-order valence-electron chi connectivity index (χ4n) is 3.21. The highest BCUT2D eigenvalue weighted by Gasteiger charge is 2.33. The molecule has 1 heterocycles. The Balaban J connectivity index is 1.92. The maximum absolute atomic E-state index is 13.9. The highest BCUT2D eigenvalue weighted by Crippen LogP contribution is 2.26. The maximum atomic E-state index is 13.9. The van der Waals surface area contributed by atoms with Crippen molar-refractivity contribution in [3.8, 4) is 0 Å². The van der Waals surface area contributed by atoms with Gasteiger partial charge in [-0.25, -0.2) is 4.39 Å². The first-order valence-corrected chi connectivity index (χ1v) is 8.36. The second kappa shape index (κ2) is 8.94. The number of ether oxygens (including phenoxy) is 1.